The minimum atomic E-state index is -0.572. The van der Waals surface area contributed by atoms with E-state index in [1.54, 1.807) is 6.20 Å². The molecule has 0 spiro atoms. The van der Waals surface area contributed by atoms with E-state index < -0.39 is 5.91 Å². The van der Waals surface area contributed by atoms with Crippen molar-refractivity contribution < 1.29 is 9.53 Å². The molecule has 1 saturated heterocycles. The van der Waals surface area contributed by atoms with Crippen LogP contribution in [0.3, 0.4) is 0 Å². The van der Waals surface area contributed by atoms with Crippen LogP contribution in [0.1, 0.15) is 40.2 Å². The maximum absolute atomic E-state index is 11.1. The fourth-order valence-electron chi connectivity index (χ4n) is 2.97. The van der Waals surface area contributed by atoms with Crippen LogP contribution < -0.4 is 10.6 Å². The zero-order valence-electron chi connectivity index (χ0n) is 14.2. The molecule has 0 unspecified atom stereocenters. The highest BCUT2D eigenvalue weighted by molar-refractivity contribution is 5.90. The third kappa shape index (κ3) is 3.23. The summed E-state index contributed by atoms with van der Waals surface area (Å²) in [4.78, 5) is 21.8. The molecule has 1 aromatic carbocycles. The standard InChI is InChI=1S/C18H22N4O2/c1-11-4-5-12(2)14(6-11)16-9-22(13(3)10-24-16)17-8-20-15(7-21-17)18(19)23/h4-8,13,16H,9-10H2,1-3H3,(H2,19,23)/t13-,16+/m1/s1. The number of anilines is 1. The molecule has 0 aliphatic carbocycles. The Balaban J connectivity index is 1.85. The lowest BCUT2D eigenvalue weighted by atomic mass is 9.99. The molecular formula is C18H22N4O2. The summed E-state index contributed by atoms with van der Waals surface area (Å²) >= 11 is 0. The first-order chi connectivity index (χ1) is 11.5. The number of morpholine rings is 1. The number of nitrogens with zero attached hydrogens (tertiary/aromatic N) is 3. The molecule has 0 radical (unpaired) electrons. The van der Waals surface area contributed by atoms with Gasteiger partial charge in [-0.15, -0.1) is 0 Å². The predicted octanol–water partition coefficient (Wildman–Crippen LogP) is 2.16. The van der Waals surface area contributed by atoms with Crippen molar-refractivity contribution in [1.82, 2.24) is 9.97 Å². The molecule has 2 aromatic rings. The van der Waals surface area contributed by atoms with Crippen LogP contribution >= 0.6 is 0 Å². The van der Waals surface area contributed by atoms with E-state index in [1.807, 2.05) is 0 Å². The lowest BCUT2D eigenvalue weighted by molar-refractivity contribution is 0.0208. The Morgan fingerprint density at radius 3 is 2.75 bits per heavy atom. The topological polar surface area (TPSA) is 81.3 Å². The summed E-state index contributed by atoms with van der Waals surface area (Å²) in [5.41, 5.74) is 9.03. The Morgan fingerprint density at radius 1 is 1.29 bits per heavy atom. The molecule has 0 saturated carbocycles. The zero-order valence-corrected chi connectivity index (χ0v) is 14.2. The van der Waals surface area contributed by atoms with E-state index in [0.717, 1.165) is 5.82 Å². The molecule has 6 nitrogen and oxygen atoms in total. The fraction of sp³-hybridized carbons (Fsp3) is 0.389. The van der Waals surface area contributed by atoms with Gasteiger partial charge in [0.25, 0.3) is 5.91 Å². The Labute approximate surface area is 141 Å². The van der Waals surface area contributed by atoms with Gasteiger partial charge in [0.1, 0.15) is 17.6 Å². The van der Waals surface area contributed by atoms with Gasteiger partial charge in [0.15, 0.2) is 0 Å². The second kappa shape index (κ2) is 6.57. The normalized spacial score (nSPS) is 20.9. The highest BCUT2D eigenvalue weighted by Gasteiger charge is 2.29. The lowest BCUT2D eigenvalue weighted by Gasteiger charge is -2.39. The average molecular weight is 326 g/mol. The molecular weight excluding hydrogens is 304 g/mol. The largest absolute Gasteiger partial charge is 0.370 e. The molecule has 2 heterocycles. The van der Waals surface area contributed by atoms with Gasteiger partial charge in [0.2, 0.25) is 0 Å². The number of ether oxygens (including phenoxy) is 1. The Bertz CT molecular complexity index is 745. The molecule has 2 atom stereocenters. The molecule has 3 rings (SSSR count). The van der Waals surface area contributed by atoms with E-state index in [4.69, 9.17) is 10.5 Å². The van der Waals surface area contributed by atoms with Crippen molar-refractivity contribution >= 4 is 11.7 Å². The first kappa shape index (κ1) is 16.4. The first-order valence-electron chi connectivity index (χ1n) is 8.03. The second-order valence-corrected chi connectivity index (χ2v) is 6.31. The maximum Gasteiger partial charge on any atom is 0.268 e. The molecule has 1 aliphatic heterocycles. The Hall–Kier alpha value is -2.47. The van der Waals surface area contributed by atoms with E-state index >= 15 is 0 Å². The second-order valence-electron chi connectivity index (χ2n) is 6.31. The average Bonchev–Trinajstić information content (AvgIpc) is 2.58. The molecule has 2 N–H and O–H groups in total. The molecule has 126 valence electrons. The predicted molar refractivity (Wildman–Crippen MR) is 92.0 cm³/mol. The van der Waals surface area contributed by atoms with E-state index in [0.29, 0.717) is 13.2 Å². The lowest BCUT2D eigenvalue weighted by Crippen LogP contribution is -2.45. The number of carbonyl (C=O) groups excluding carboxylic acids is 1. The number of nitrogens with two attached hydrogens (primary N) is 1. The van der Waals surface area contributed by atoms with Crippen molar-refractivity contribution in [3.8, 4) is 0 Å². The van der Waals surface area contributed by atoms with Crippen LogP contribution in [-0.2, 0) is 4.74 Å². The quantitative estimate of drug-likeness (QED) is 0.935. The van der Waals surface area contributed by atoms with Crippen LogP contribution in [0.15, 0.2) is 30.6 Å². The van der Waals surface area contributed by atoms with E-state index in [-0.39, 0.29) is 17.8 Å². The molecule has 6 heteroatoms. The van der Waals surface area contributed by atoms with Crippen molar-refractivity contribution in [3.05, 3.63) is 53.0 Å². The van der Waals surface area contributed by atoms with Crippen molar-refractivity contribution in [3.63, 3.8) is 0 Å². The number of hydrogen-bond donors (Lipinski definition) is 1. The monoisotopic (exact) mass is 326 g/mol. The van der Waals surface area contributed by atoms with Gasteiger partial charge in [-0.1, -0.05) is 23.8 Å². The SMILES string of the molecule is Cc1ccc(C)c([C@@H]2CN(c3cnc(C(N)=O)cn3)[C@H](C)CO2)c1. The maximum atomic E-state index is 11.1. The summed E-state index contributed by atoms with van der Waals surface area (Å²) in [5, 5.41) is 0. The van der Waals surface area contributed by atoms with Crippen molar-refractivity contribution in [1.29, 1.82) is 0 Å². The molecule has 1 amide bonds. The summed E-state index contributed by atoms with van der Waals surface area (Å²) in [6, 6.07) is 6.59. The number of amides is 1. The van der Waals surface area contributed by atoms with Crippen molar-refractivity contribution in [2.75, 3.05) is 18.1 Å². The van der Waals surface area contributed by atoms with E-state index in [1.165, 1.54) is 22.9 Å². The molecule has 24 heavy (non-hydrogen) atoms. The minimum Gasteiger partial charge on any atom is -0.370 e. The van der Waals surface area contributed by atoms with Gasteiger partial charge in [0.05, 0.1) is 31.6 Å². The molecule has 0 bridgehead atoms. The van der Waals surface area contributed by atoms with Gasteiger partial charge < -0.3 is 15.4 Å². The summed E-state index contributed by atoms with van der Waals surface area (Å²) in [5.74, 6) is 0.156. The smallest absolute Gasteiger partial charge is 0.268 e. The van der Waals surface area contributed by atoms with Crippen LogP contribution in [0.5, 0.6) is 0 Å². The highest BCUT2D eigenvalue weighted by atomic mass is 16.5. The zero-order chi connectivity index (χ0) is 17.3. The van der Waals surface area contributed by atoms with Gasteiger partial charge >= 0.3 is 0 Å². The fourth-order valence-corrected chi connectivity index (χ4v) is 2.97. The number of benzene rings is 1. The van der Waals surface area contributed by atoms with Crippen LogP contribution in [0.25, 0.3) is 0 Å². The first-order valence-corrected chi connectivity index (χ1v) is 8.03. The summed E-state index contributed by atoms with van der Waals surface area (Å²) in [6.07, 6.45) is 3.01. The van der Waals surface area contributed by atoms with Crippen LogP contribution in [0.2, 0.25) is 0 Å². The highest BCUT2D eigenvalue weighted by Crippen LogP contribution is 2.30. The number of rotatable bonds is 3. The van der Waals surface area contributed by atoms with Crippen LogP contribution in [-0.4, -0.2) is 35.1 Å². The van der Waals surface area contributed by atoms with Gasteiger partial charge in [-0.05, 0) is 31.9 Å². The number of hydrogen-bond acceptors (Lipinski definition) is 5. The number of aromatic nitrogens is 2. The summed E-state index contributed by atoms with van der Waals surface area (Å²) in [6.45, 7) is 7.57. The van der Waals surface area contributed by atoms with Gasteiger partial charge in [-0.3, -0.25) is 4.79 Å². The Morgan fingerprint density at radius 2 is 2.08 bits per heavy atom. The molecule has 1 fully saturated rings. The minimum absolute atomic E-state index is 0.0151. The number of carbonyl (C=O) groups is 1. The Kier molecular flexibility index (Phi) is 4.49. The van der Waals surface area contributed by atoms with Crippen molar-refractivity contribution in [2.24, 2.45) is 5.73 Å². The number of primary amides is 1. The van der Waals surface area contributed by atoms with E-state index in [9.17, 15) is 4.79 Å². The third-order valence-electron chi connectivity index (χ3n) is 4.40. The van der Waals surface area contributed by atoms with Crippen LogP contribution in [0.4, 0.5) is 5.82 Å². The van der Waals surface area contributed by atoms with E-state index in [2.05, 4.69) is 53.8 Å². The van der Waals surface area contributed by atoms with Crippen molar-refractivity contribution in [2.45, 2.75) is 32.9 Å². The molecule has 1 aliphatic rings. The van der Waals surface area contributed by atoms with Gasteiger partial charge in [0, 0.05) is 0 Å². The number of aryl methyl sites for hydroxylation is 2. The summed E-state index contributed by atoms with van der Waals surface area (Å²) < 4.78 is 6.06. The molecule has 1 aromatic heterocycles. The summed E-state index contributed by atoms with van der Waals surface area (Å²) in [7, 11) is 0. The van der Waals surface area contributed by atoms with Gasteiger partial charge in [-0.25, -0.2) is 9.97 Å². The van der Waals surface area contributed by atoms with Crippen LogP contribution in [0, 0.1) is 13.8 Å². The van der Waals surface area contributed by atoms with Gasteiger partial charge in [-0.2, -0.15) is 0 Å². The third-order valence-corrected chi connectivity index (χ3v) is 4.40.